The molecule has 0 aromatic carbocycles. The second-order valence-electron chi connectivity index (χ2n) is 3.22. The predicted octanol–water partition coefficient (Wildman–Crippen LogP) is 2.51. The SMILES string of the molecule is Cc1nsc(Sc2ncc(C=O)cc2C)n1. The Hall–Kier alpha value is -1.27. The molecule has 0 spiro atoms. The summed E-state index contributed by atoms with van der Waals surface area (Å²) in [5.41, 5.74) is 1.57. The van der Waals surface area contributed by atoms with Crippen molar-refractivity contribution in [2.45, 2.75) is 23.2 Å². The van der Waals surface area contributed by atoms with Gasteiger partial charge >= 0.3 is 0 Å². The molecular formula is C10H9N3OS2. The molecule has 16 heavy (non-hydrogen) atoms. The summed E-state index contributed by atoms with van der Waals surface area (Å²) in [6.45, 7) is 3.78. The van der Waals surface area contributed by atoms with E-state index in [4.69, 9.17) is 0 Å². The normalized spacial score (nSPS) is 10.4. The first-order valence-electron chi connectivity index (χ1n) is 4.59. The fourth-order valence-electron chi connectivity index (χ4n) is 1.16. The van der Waals surface area contributed by atoms with Crippen molar-refractivity contribution in [2.75, 3.05) is 0 Å². The third-order valence-electron chi connectivity index (χ3n) is 1.88. The quantitative estimate of drug-likeness (QED) is 0.784. The van der Waals surface area contributed by atoms with Gasteiger partial charge in [-0.15, -0.1) is 0 Å². The summed E-state index contributed by atoms with van der Waals surface area (Å²) < 4.78 is 4.97. The van der Waals surface area contributed by atoms with E-state index in [-0.39, 0.29) is 0 Å². The smallest absolute Gasteiger partial charge is 0.176 e. The number of carbonyl (C=O) groups excluding carboxylic acids is 1. The maximum Gasteiger partial charge on any atom is 0.176 e. The van der Waals surface area contributed by atoms with Gasteiger partial charge in [0.15, 0.2) is 10.6 Å². The van der Waals surface area contributed by atoms with Crippen molar-refractivity contribution in [2.24, 2.45) is 0 Å². The standard InChI is InChI=1S/C10H9N3OS2/c1-6-3-8(5-14)4-11-9(6)15-10-12-7(2)13-16-10/h3-5H,1-2H3. The predicted molar refractivity (Wildman–Crippen MR) is 63.1 cm³/mol. The molecule has 2 heterocycles. The lowest BCUT2D eigenvalue weighted by Crippen LogP contribution is -1.89. The largest absolute Gasteiger partial charge is 0.298 e. The lowest BCUT2D eigenvalue weighted by Gasteiger charge is -2.01. The van der Waals surface area contributed by atoms with E-state index in [2.05, 4.69) is 14.3 Å². The summed E-state index contributed by atoms with van der Waals surface area (Å²) in [4.78, 5) is 19.0. The van der Waals surface area contributed by atoms with E-state index < -0.39 is 0 Å². The van der Waals surface area contributed by atoms with Gasteiger partial charge in [-0.2, -0.15) is 4.37 Å². The lowest BCUT2D eigenvalue weighted by atomic mass is 10.2. The fraction of sp³-hybridized carbons (Fsp3) is 0.200. The van der Waals surface area contributed by atoms with Crippen LogP contribution in [0.25, 0.3) is 0 Å². The lowest BCUT2D eigenvalue weighted by molar-refractivity contribution is 0.112. The van der Waals surface area contributed by atoms with Crippen LogP contribution in [0.4, 0.5) is 0 Å². The highest BCUT2D eigenvalue weighted by Gasteiger charge is 2.07. The number of aromatic nitrogens is 3. The molecule has 0 unspecified atom stereocenters. The molecule has 0 amide bonds. The molecule has 82 valence electrons. The van der Waals surface area contributed by atoms with Crippen molar-refractivity contribution < 1.29 is 4.79 Å². The monoisotopic (exact) mass is 251 g/mol. The van der Waals surface area contributed by atoms with Crippen molar-refractivity contribution in [3.8, 4) is 0 Å². The van der Waals surface area contributed by atoms with E-state index >= 15 is 0 Å². The summed E-state index contributed by atoms with van der Waals surface area (Å²) in [5.74, 6) is 0.773. The van der Waals surface area contributed by atoms with Crippen LogP contribution in [0, 0.1) is 13.8 Å². The number of hydrogen-bond acceptors (Lipinski definition) is 6. The molecule has 0 atom stereocenters. The zero-order chi connectivity index (χ0) is 11.5. The van der Waals surface area contributed by atoms with Gasteiger partial charge < -0.3 is 0 Å². The number of hydrogen-bond donors (Lipinski definition) is 0. The average molecular weight is 251 g/mol. The van der Waals surface area contributed by atoms with Gasteiger partial charge in [0, 0.05) is 11.8 Å². The topological polar surface area (TPSA) is 55.7 Å². The third-order valence-corrected chi connectivity index (χ3v) is 3.84. The van der Waals surface area contributed by atoms with Crippen LogP contribution in [0.1, 0.15) is 21.7 Å². The van der Waals surface area contributed by atoms with Crippen molar-refractivity contribution >= 4 is 29.6 Å². The molecule has 0 aliphatic heterocycles. The highest BCUT2D eigenvalue weighted by atomic mass is 32.2. The molecule has 6 heteroatoms. The Morgan fingerprint density at radius 2 is 2.25 bits per heavy atom. The number of aryl methyl sites for hydroxylation is 2. The van der Waals surface area contributed by atoms with E-state index in [1.54, 1.807) is 6.20 Å². The van der Waals surface area contributed by atoms with Crippen LogP contribution in [-0.4, -0.2) is 20.6 Å². The Bertz CT molecular complexity index is 525. The minimum atomic E-state index is 0.593. The van der Waals surface area contributed by atoms with Crippen LogP contribution in [0.5, 0.6) is 0 Å². The second-order valence-corrected chi connectivity index (χ2v) is 5.21. The zero-order valence-corrected chi connectivity index (χ0v) is 10.4. The van der Waals surface area contributed by atoms with Crippen LogP contribution in [0.15, 0.2) is 21.6 Å². The minimum Gasteiger partial charge on any atom is -0.298 e. The maximum atomic E-state index is 10.6. The van der Waals surface area contributed by atoms with Gasteiger partial charge in [0.25, 0.3) is 0 Å². The van der Waals surface area contributed by atoms with E-state index in [1.165, 1.54) is 23.3 Å². The third kappa shape index (κ3) is 2.45. The number of carbonyl (C=O) groups is 1. The van der Waals surface area contributed by atoms with Crippen LogP contribution in [-0.2, 0) is 0 Å². The summed E-state index contributed by atoms with van der Waals surface area (Å²) in [6, 6.07) is 1.82. The van der Waals surface area contributed by atoms with Crippen LogP contribution in [0.3, 0.4) is 0 Å². The average Bonchev–Trinajstić information content (AvgIpc) is 2.67. The highest BCUT2D eigenvalue weighted by Crippen LogP contribution is 2.29. The zero-order valence-electron chi connectivity index (χ0n) is 8.80. The van der Waals surface area contributed by atoms with Gasteiger partial charge in [0.05, 0.1) is 0 Å². The Kier molecular flexibility index (Phi) is 3.31. The van der Waals surface area contributed by atoms with E-state index in [1.807, 2.05) is 19.9 Å². The van der Waals surface area contributed by atoms with E-state index in [9.17, 15) is 4.79 Å². The number of rotatable bonds is 3. The molecule has 0 bridgehead atoms. The summed E-state index contributed by atoms with van der Waals surface area (Å²) in [5, 5.41) is 0.863. The molecule has 0 fully saturated rings. The Labute approximate surface area is 101 Å². The number of nitrogens with zero attached hydrogens (tertiary/aromatic N) is 3. The van der Waals surface area contributed by atoms with Gasteiger partial charge in [0.1, 0.15) is 10.9 Å². The first-order valence-corrected chi connectivity index (χ1v) is 6.18. The van der Waals surface area contributed by atoms with E-state index in [0.29, 0.717) is 5.56 Å². The van der Waals surface area contributed by atoms with Crippen molar-refractivity contribution in [1.82, 2.24) is 14.3 Å². The Morgan fingerprint density at radius 3 is 2.81 bits per heavy atom. The molecule has 4 nitrogen and oxygen atoms in total. The van der Waals surface area contributed by atoms with Crippen molar-refractivity contribution in [3.05, 3.63) is 29.2 Å². The molecule has 0 radical (unpaired) electrons. The van der Waals surface area contributed by atoms with Crippen molar-refractivity contribution in [3.63, 3.8) is 0 Å². The molecule has 2 aromatic heterocycles. The van der Waals surface area contributed by atoms with Crippen LogP contribution in [0.2, 0.25) is 0 Å². The van der Waals surface area contributed by atoms with Crippen LogP contribution >= 0.6 is 23.3 Å². The Morgan fingerprint density at radius 1 is 1.44 bits per heavy atom. The molecule has 0 N–H and O–H groups in total. The van der Waals surface area contributed by atoms with Gasteiger partial charge in [-0.05, 0) is 48.8 Å². The summed E-state index contributed by atoms with van der Waals surface area (Å²) in [6.07, 6.45) is 2.36. The minimum absolute atomic E-state index is 0.593. The van der Waals surface area contributed by atoms with Gasteiger partial charge in [0.2, 0.25) is 0 Å². The molecular weight excluding hydrogens is 242 g/mol. The highest BCUT2D eigenvalue weighted by molar-refractivity contribution is 8.00. The molecule has 0 aliphatic rings. The fourth-order valence-corrected chi connectivity index (χ4v) is 2.75. The van der Waals surface area contributed by atoms with Crippen LogP contribution < -0.4 is 0 Å². The molecule has 2 rings (SSSR count). The number of aldehydes is 1. The van der Waals surface area contributed by atoms with Crippen molar-refractivity contribution in [1.29, 1.82) is 0 Å². The first-order chi connectivity index (χ1) is 7.69. The maximum absolute atomic E-state index is 10.6. The summed E-state index contributed by atoms with van der Waals surface area (Å²) in [7, 11) is 0. The molecule has 2 aromatic rings. The first kappa shape index (κ1) is 11.2. The van der Waals surface area contributed by atoms with Gasteiger partial charge in [-0.25, -0.2) is 9.97 Å². The summed E-state index contributed by atoms with van der Waals surface area (Å²) >= 11 is 2.83. The molecule has 0 saturated heterocycles. The second kappa shape index (κ2) is 4.71. The van der Waals surface area contributed by atoms with Gasteiger partial charge in [-0.1, -0.05) is 0 Å². The van der Waals surface area contributed by atoms with E-state index in [0.717, 1.165) is 27.0 Å². The Balaban J connectivity index is 2.25. The molecule has 0 aliphatic carbocycles. The molecule has 0 saturated carbocycles. The number of pyridine rings is 1. The van der Waals surface area contributed by atoms with Gasteiger partial charge in [-0.3, -0.25) is 4.79 Å².